The number of hydrogen-bond acceptors (Lipinski definition) is 9. The van der Waals surface area contributed by atoms with Crippen LogP contribution in [-0.2, 0) is 26.6 Å². The van der Waals surface area contributed by atoms with Gasteiger partial charge in [-0.15, -0.1) is 0 Å². The summed E-state index contributed by atoms with van der Waals surface area (Å²) in [5.41, 5.74) is 1.49. The maximum atomic E-state index is 12.8. The molecule has 0 unspecified atom stereocenters. The van der Waals surface area contributed by atoms with Crippen LogP contribution >= 0.6 is 11.6 Å². The molecule has 0 atom stereocenters. The highest BCUT2D eigenvalue weighted by Crippen LogP contribution is 2.48. The number of benzene rings is 2. The fraction of sp³-hybridized carbons (Fsp3) is 0.433. The van der Waals surface area contributed by atoms with Crippen LogP contribution in [0.5, 0.6) is 6.01 Å². The summed E-state index contributed by atoms with van der Waals surface area (Å²) in [6.07, 6.45) is -2.87. The minimum Gasteiger partial charge on any atom is -0.454 e. The molecule has 1 aliphatic carbocycles. The van der Waals surface area contributed by atoms with Crippen LogP contribution < -0.4 is 10.1 Å². The molecule has 1 aliphatic rings. The van der Waals surface area contributed by atoms with E-state index >= 15 is 0 Å². The first kappa shape index (κ1) is 33.3. The van der Waals surface area contributed by atoms with Crippen molar-refractivity contribution < 1.29 is 35.9 Å². The van der Waals surface area contributed by atoms with E-state index in [-0.39, 0.29) is 54.3 Å². The maximum Gasteiger partial charge on any atom is 0.422 e. The lowest BCUT2D eigenvalue weighted by Crippen LogP contribution is -2.23. The van der Waals surface area contributed by atoms with Crippen molar-refractivity contribution in [2.75, 3.05) is 23.4 Å². The van der Waals surface area contributed by atoms with E-state index in [1.165, 1.54) is 0 Å². The molecular formula is C30H32ClF3N4O5S. The molecule has 0 spiro atoms. The van der Waals surface area contributed by atoms with E-state index in [0.717, 1.165) is 18.4 Å². The molecule has 0 radical (unpaired) electrons. The second kappa shape index (κ2) is 13.6. The average Bonchev–Trinajstić information content (AvgIpc) is 3.72. The third-order valence-corrected chi connectivity index (χ3v) is 8.91. The van der Waals surface area contributed by atoms with Crippen molar-refractivity contribution in [1.29, 1.82) is 0 Å². The van der Waals surface area contributed by atoms with Gasteiger partial charge in [-0.2, -0.15) is 28.1 Å². The molecule has 1 saturated carbocycles. The molecule has 9 nitrogen and oxygen atoms in total. The van der Waals surface area contributed by atoms with Crippen LogP contribution in [0.25, 0.3) is 0 Å². The van der Waals surface area contributed by atoms with Crippen molar-refractivity contribution >= 4 is 39.0 Å². The maximum absolute atomic E-state index is 12.8. The molecule has 1 aromatic heterocycles. The summed E-state index contributed by atoms with van der Waals surface area (Å²) >= 11 is 6.01. The summed E-state index contributed by atoms with van der Waals surface area (Å²) in [7, 11) is -3.59. The van der Waals surface area contributed by atoms with E-state index in [4.69, 9.17) is 16.3 Å². The second-order valence-electron chi connectivity index (χ2n) is 11.1. The van der Waals surface area contributed by atoms with E-state index in [0.29, 0.717) is 16.1 Å². The molecule has 0 bridgehead atoms. The van der Waals surface area contributed by atoms with Crippen molar-refractivity contribution in [2.24, 2.45) is 5.92 Å². The number of hydrogen-bond donors (Lipinski definition) is 1. The number of rotatable bonds is 15. The molecule has 14 heteroatoms. The van der Waals surface area contributed by atoms with Crippen molar-refractivity contribution in [3.05, 3.63) is 76.1 Å². The first-order valence-electron chi connectivity index (χ1n) is 14.0. The smallest absolute Gasteiger partial charge is 0.422 e. The summed E-state index contributed by atoms with van der Waals surface area (Å²) < 4.78 is 67.7. The number of alkyl halides is 3. The highest BCUT2D eigenvalue weighted by Gasteiger charge is 2.45. The Bertz CT molecular complexity index is 1590. The normalized spacial score (nSPS) is 14.3. The Hall–Kier alpha value is -3.58. The molecular weight excluding hydrogens is 621 g/mol. The van der Waals surface area contributed by atoms with Gasteiger partial charge in [0.1, 0.15) is 17.4 Å². The predicted molar refractivity (Wildman–Crippen MR) is 159 cm³/mol. The molecule has 1 heterocycles. The molecule has 44 heavy (non-hydrogen) atoms. The first-order chi connectivity index (χ1) is 20.6. The van der Waals surface area contributed by atoms with Crippen LogP contribution in [0, 0.1) is 5.92 Å². The second-order valence-corrected chi connectivity index (χ2v) is 13.7. The number of nitrogens with one attached hydrogen (secondary N) is 1. The van der Waals surface area contributed by atoms with E-state index < -0.39 is 39.9 Å². The molecule has 236 valence electrons. The van der Waals surface area contributed by atoms with E-state index in [2.05, 4.69) is 20.3 Å². The molecule has 2 aromatic carbocycles. The fourth-order valence-corrected chi connectivity index (χ4v) is 6.00. The molecule has 0 amide bonds. The fourth-order valence-electron chi connectivity index (χ4n) is 4.38. The summed E-state index contributed by atoms with van der Waals surface area (Å²) in [6, 6.07) is 13.2. The average molecular weight is 653 g/mol. The van der Waals surface area contributed by atoms with Gasteiger partial charge in [-0.3, -0.25) is 9.59 Å². The molecule has 4 rings (SSSR count). The zero-order valence-electron chi connectivity index (χ0n) is 24.2. The topological polar surface area (TPSA) is 128 Å². The summed E-state index contributed by atoms with van der Waals surface area (Å²) in [5.74, 6) is -1.57. The number of halogens is 4. The van der Waals surface area contributed by atoms with Crippen LogP contribution in [0.2, 0.25) is 5.02 Å². The number of ether oxygens (including phenoxy) is 1. The van der Waals surface area contributed by atoms with E-state index in [1.54, 1.807) is 50.2 Å². The zero-order valence-corrected chi connectivity index (χ0v) is 25.7. The zero-order chi connectivity index (χ0) is 32.1. The number of Topliss-reactive ketones (excluding diaryl/α,β-unsaturated/α-hetero) is 2. The lowest BCUT2D eigenvalue weighted by atomic mass is 10.0. The Morgan fingerprint density at radius 1 is 1.02 bits per heavy atom. The van der Waals surface area contributed by atoms with E-state index in [1.807, 2.05) is 12.1 Å². The standard InChI is InChI=1S/C30H32ClF3N4O5S/c1-19(2)25(40)17-44(41,42)15-3-4-24(39)21-7-5-20(6-8-21)16-26-35-27(37-28(36-26)43-18-30(32,33)34)38-29(13-14-29)22-9-11-23(31)12-10-22/h5-12,19H,3-4,13-18H2,1-2H3,(H,35,36,37,38). The van der Waals surface area contributed by atoms with Crippen LogP contribution in [0.15, 0.2) is 48.5 Å². The number of ketones is 2. The van der Waals surface area contributed by atoms with Gasteiger partial charge < -0.3 is 10.1 Å². The molecule has 1 N–H and O–H groups in total. The molecule has 0 saturated heterocycles. The number of anilines is 1. The van der Waals surface area contributed by atoms with Crippen LogP contribution in [0.1, 0.15) is 66.8 Å². The number of nitrogens with zero attached hydrogens (tertiary/aromatic N) is 3. The Morgan fingerprint density at radius 3 is 2.27 bits per heavy atom. The van der Waals surface area contributed by atoms with Gasteiger partial charge in [0, 0.05) is 29.3 Å². The number of sulfone groups is 1. The lowest BCUT2D eigenvalue weighted by Gasteiger charge is -2.19. The number of aromatic nitrogens is 3. The summed E-state index contributed by atoms with van der Waals surface area (Å²) in [4.78, 5) is 37.0. The quantitative estimate of drug-likeness (QED) is 0.204. The minimum atomic E-state index is -4.58. The van der Waals surface area contributed by atoms with Crippen LogP contribution in [-0.4, -0.2) is 59.2 Å². The van der Waals surface area contributed by atoms with Gasteiger partial charge >= 0.3 is 12.2 Å². The third-order valence-electron chi connectivity index (χ3n) is 7.03. The van der Waals surface area contributed by atoms with Crippen molar-refractivity contribution in [2.45, 2.75) is 57.7 Å². The highest BCUT2D eigenvalue weighted by atomic mass is 35.5. The molecule has 0 aliphatic heterocycles. The number of carbonyl (C=O) groups is 2. The van der Waals surface area contributed by atoms with Crippen molar-refractivity contribution in [3.8, 4) is 6.01 Å². The van der Waals surface area contributed by atoms with Crippen LogP contribution in [0.3, 0.4) is 0 Å². The number of carbonyl (C=O) groups excluding carboxylic acids is 2. The van der Waals surface area contributed by atoms with Gasteiger partial charge in [0.2, 0.25) is 5.95 Å². The minimum absolute atomic E-state index is 0.00772. The van der Waals surface area contributed by atoms with Crippen molar-refractivity contribution in [3.63, 3.8) is 0 Å². The van der Waals surface area contributed by atoms with Gasteiger partial charge in [0.05, 0.1) is 11.3 Å². The lowest BCUT2D eigenvalue weighted by molar-refractivity contribution is -0.154. The highest BCUT2D eigenvalue weighted by molar-refractivity contribution is 7.92. The van der Waals surface area contributed by atoms with E-state index in [9.17, 15) is 31.2 Å². The Balaban J connectivity index is 1.43. The van der Waals surface area contributed by atoms with Crippen LogP contribution in [0.4, 0.5) is 19.1 Å². The Morgan fingerprint density at radius 2 is 1.68 bits per heavy atom. The SMILES string of the molecule is CC(C)C(=O)CS(=O)(=O)CCCC(=O)c1ccc(Cc2nc(NC3(c4ccc(Cl)cc4)CC3)nc(OCC(F)(F)F)n2)cc1. The molecule has 3 aromatic rings. The summed E-state index contributed by atoms with van der Waals surface area (Å²) in [5, 5.41) is 3.80. The van der Waals surface area contributed by atoms with Gasteiger partial charge in [0.25, 0.3) is 0 Å². The Labute approximate surface area is 258 Å². The van der Waals surface area contributed by atoms with Gasteiger partial charge in [0.15, 0.2) is 22.2 Å². The van der Waals surface area contributed by atoms with Gasteiger partial charge in [-0.05, 0) is 42.5 Å². The third kappa shape index (κ3) is 9.71. The monoisotopic (exact) mass is 652 g/mol. The first-order valence-corrected chi connectivity index (χ1v) is 16.2. The predicted octanol–water partition coefficient (Wildman–Crippen LogP) is 5.76. The van der Waals surface area contributed by atoms with Gasteiger partial charge in [-0.25, -0.2) is 8.42 Å². The van der Waals surface area contributed by atoms with Gasteiger partial charge in [-0.1, -0.05) is 61.8 Å². The Kier molecular flexibility index (Phi) is 10.3. The molecule has 1 fully saturated rings. The largest absolute Gasteiger partial charge is 0.454 e. The summed E-state index contributed by atoms with van der Waals surface area (Å²) in [6.45, 7) is 1.70. The van der Waals surface area contributed by atoms with Crippen molar-refractivity contribution in [1.82, 2.24) is 15.0 Å².